The molecule has 3 heterocycles. The molecule has 1 fully saturated rings. The third kappa shape index (κ3) is 4.23. The lowest BCUT2D eigenvalue weighted by Crippen LogP contribution is -2.29. The lowest BCUT2D eigenvalue weighted by atomic mass is 9.98. The molecule has 1 aromatic carbocycles. The van der Waals surface area contributed by atoms with Crippen molar-refractivity contribution in [1.82, 2.24) is 14.9 Å². The minimum absolute atomic E-state index is 0.000660. The summed E-state index contributed by atoms with van der Waals surface area (Å²) >= 11 is 0. The summed E-state index contributed by atoms with van der Waals surface area (Å²) in [4.78, 5) is 36.0. The zero-order valence-electron chi connectivity index (χ0n) is 17.8. The van der Waals surface area contributed by atoms with Crippen molar-refractivity contribution in [3.8, 4) is 5.75 Å². The van der Waals surface area contributed by atoms with E-state index in [0.29, 0.717) is 17.0 Å². The van der Waals surface area contributed by atoms with E-state index in [1.54, 1.807) is 67.1 Å². The first-order valence-corrected chi connectivity index (χ1v) is 10.3. The van der Waals surface area contributed by atoms with Gasteiger partial charge < -0.3 is 14.7 Å². The normalized spacial score (nSPS) is 17.7. The lowest BCUT2D eigenvalue weighted by Gasteiger charge is -2.24. The van der Waals surface area contributed by atoms with Crippen LogP contribution in [-0.4, -0.2) is 37.8 Å². The van der Waals surface area contributed by atoms with Crippen molar-refractivity contribution >= 4 is 17.4 Å². The molecule has 7 nitrogen and oxygen atoms in total. The number of nitrogens with zero attached hydrogens (tertiary/aromatic N) is 3. The van der Waals surface area contributed by atoms with Crippen molar-refractivity contribution < 1.29 is 19.4 Å². The zero-order chi connectivity index (χ0) is 22.7. The maximum Gasteiger partial charge on any atom is 0.296 e. The highest BCUT2D eigenvalue weighted by Gasteiger charge is 2.46. The molecule has 1 N–H and O–H groups in total. The summed E-state index contributed by atoms with van der Waals surface area (Å²) in [5.74, 6) is -1.15. The number of Topliss-reactive ketones (excluding diaryl/α,β-unsaturated/α-hetero) is 1. The molecule has 0 spiro atoms. The van der Waals surface area contributed by atoms with Crippen LogP contribution in [0.4, 0.5) is 0 Å². The molecule has 3 aromatic rings. The summed E-state index contributed by atoms with van der Waals surface area (Å²) in [6.45, 7) is 3.96. The number of carbonyl (C=O) groups excluding carboxylic acids is 2. The number of pyridine rings is 2. The van der Waals surface area contributed by atoms with Crippen molar-refractivity contribution in [1.29, 1.82) is 0 Å². The molecule has 1 atom stereocenters. The number of likely N-dealkylation sites (tertiary alicyclic amines) is 1. The molecule has 1 aliphatic rings. The van der Waals surface area contributed by atoms with Gasteiger partial charge in [0.25, 0.3) is 11.7 Å². The van der Waals surface area contributed by atoms with Crippen molar-refractivity contribution in [2.45, 2.75) is 32.5 Å². The van der Waals surface area contributed by atoms with Gasteiger partial charge in [0.15, 0.2) is 0 Å². The van der Waals surface area contributed by atoms with Gasteiger partial charge in [-0.15, -0.1) is 0 Å². The number of carbonyl (C=O) groups is 2. The Morgan fingerprint density at radius 3 is 2.62 bits per heavy atom. The third-order valence-electron chi connectivity index (χ3n) is 5.06. The highest BCUT2D eigenvalue weighted by molar-refractivity contribution is 6.46. The number of hydrogen-bond donors (Lipinski definition) is 1. The molecule has 162 valence electrons. The first-order valence-electron chi connectivity index (χ1n) is 10.3. The summed E-state index contributed by atoms with van der Waals surface area (Å²) in [6, 6.07) is 14.9. The Morgan fingerprint density at radius 2 is 1.94 bits per heavy atom. The molecule has 7 heteroatoms. The van der Waals surface area contributed by atoms with Crippen LogP contribution in [-0.2, 0) is 16.1 Å². The minimum Gasteiger partial charge on any atom is -0.507 e. The second-order valence-corrected chi connectivity index (χ2v) is 7.74. The molecule has 1 saturated heterocycles. The van der Waals surface area contributed by atoms with E-state index in [2.05, 4.69) is 9.97 Å². The van der Waals surface area contributed by atoms with E-state index < -0.39 is 17.7 Å². The largest absolute Gasteiger partial charge is 0.507 e. The van der Waals surface area contributed by atoms with Gasteiger partial charge in [-0.1, -0.05) is 24.3 Å². The number of aromatic nitrogens is 2. The summed E-state index contributed by atoms with van der Waals surface area (Å²) < 4.78 is 5.71. The first-order chi connectivity index (χ1) is 15.5. The topological polar surface area (TPSA) is 92.6 Å². The number of rotatable bonds is 6. The molecule has 0 radical (unpaired) electrons. The van der Waals surface area contributed by atoms with Gasteiger partial charge in [0, 0.05) is 30.7 Å². The monoisotopic (exact) mass is 429 g/mol. The molecular formula is C25H23N3O4. The highest BCUT2D eigenvalue weighted by Crippen LogP contribution is 2.39. The predicted octanol–water partition coefficient (Wildman–Crippen LogP) is 3.89. The lowest BCUT2D eigenvalue weighted by molar-refractivity contribution is -0.140. The Hall–Kier alpha value is -4.00. The van der Waals surface area contributed by atoms with Crippen LogP contribution < -0.4 is 4.74 Å². The maximum absolute atomic E-state index is 13.1. The molecule has 0 aliphatic carbocycles. The molecule has 1 unspecified atom stereocenters. The van der Waals surface area contributed by atoms with E-state index in [4.69, 9.17) is 4.74 Å². The van der Waals surface area contributed by atoms with E-state index in [-0.39, 0.29) is 24.0 Å². The molecule has 2 aromatic heterocycles. The first kappa shape index (κ1) is 21.2. The van der Waals surface area contributed by atoms with Gasteiger partial charge in [-0.25, -0.2) is 0 Å². The average molecular weight is 429 g/mol. The van der Waals surface area contributed by atoms with Gasteiger partial charge in [-0.2, -0.15) is 0 Å². The standard InChI is InChI=1S/C25H23N3O4/c1-16(2)32-19-9-5-8-18(13-19)23(29)21-22(20-10-3-4-12-27-20)28(25(31)24(21)30)15-17-7-6-11-26-14-17/h3-14,16,22,29H,15H2,1-2H3/b23-21-. The number of ether oxygens (including phenoxy) is 1. The molecule has 1 aliphatic heterocycles. The van der Waals surface area contributed by atoms with Crippen molar-refractivity contribution in [2.75, 3.05) is 0 Å². The fourth-order valence-electron chi connectivity index (χ4n) is 3.72. The average Bonchev–Trinajstić information content (AvgIpc) is 3.04. The van der Waals surface area contributed by atoms with Crippen LogP contribution in [0, 0.1) is 0 Å². The fourth-order valence-corrected chi connectivity index (χ4v) is 3.72. The molecule has 4 rings (SSSR count). The maximum atomic E-state index is 13.1. The summed E-state index contributed by atoms with van der Waals surface area (Å²) in [5.41, 5.74) is 1.65. The van der Waals surface area contributed by atoms with Crippen LogP contribution in [0.2, 0.25) is 0 Å². The molecule has 0 saturated carbocycles. The highest BCUT2D eigenvalue weighted by atomic mass is 16.5. The number of amides is 1. The Labute approximate surface area is 186 Å². The summed E-state index contributed by atoms with van der Waals surface area (Å²) in [7, 11) is 0. The fraction of sp³-hybridized carbons (Fsp3) is 0.200. The SMILES string of the molecule is CC(C)Oc1cccc(/C(O)=C2/C(=O)C(=O)N(Cc3cccnc3)C2c2ccccn2)c1. The van der Waals surface area contributed by atoms with Crippen LogP contribution in [0.25, 0.3) is 5.76 Å². The van der Waals surface area contributed by atoms with Crippen LogP contribution in [0.3, 0.4) is 0 Å². The van der Waals surface area contributed by atoms with Crippen molar-refractivity contribution in [3.63, 3.8) is 0 Å². The smallest absolute Gasteiger partial charge is 0.296 e. The molecule has 1 amide bonds. The molecule has 32 heavy (non-hydrogen) atoms. The van der Waals surface area contributed by atoms with Crippen LogP contribution >= 0.6 is 0 Å². The molecular weight excluding hydrogens is 406 g/mol. The number of hydrogen-bond acceptors (Lipinski definition) is 6. The van der Waals surface area contributed by atoms with Crippen molar-refractivity contribution in [3.05, 3.63) is 95.6 Å². The third-order valence-corrected chi connectivity index (χ3v) is 5.06. The van der Waals surface area contributed by atoms with E-state index in [0.717, 1.165) is 5.56 Å². The Bertz CT molecular complexity index is 1160. The quantitative estimate of drug-likeness (QED) is 0.363. The van der Waals surface area contributed by atoms with E-state index in [9.17, 15) is 14.7 Å². The second kappa shape index (κ2) is 9.01. The number of aliphatic hydroxyl groups is 1. The summed E-state index contributed by atoms with van der Waals surface area (Å²) in [5, 5.41) is 11.2. The van der Waals surface area contributed by atoms with Gasteiger partial charge in [0.2, 0.25) is 0 Å². The van der Waals surface area contributed by atoms with Gasteiger partial charge in [-0.3, -0.25) is 19.6 Å². The minimum atomic E-state index is -0.828. The number of aliphatic hydroxyl groups excluding tert-OH is 1. The van der Waals surface area contributed by atoms with Crippen LogP contribution in [0.1, 0.15) is 36.7 Å². The van der Waals surface area contributed by atoms with Gasteiger partial charge >= 0.3 is 0 Å². The Balaban J connectivity index is 1.82. The van der Waals surface area contributed by atoms with Gasteiger partial charge in [-0.05, 0) is 49.7 Å². The van der Waals surface area contributed by atoms with Gasteiger partial charge in [0.05, 0.1) is 17.4 Å². The molecule has 0 bridgehead atoms. The summed E-state index contributed by atoms with van der Waals surface area (Å²) in [6.07, 6.45) is 4.82. The van der Waals surface area contributed by atoms with E-state index in [1.165, 1.54) is 4.90 Å². The van der Waals surface area contributed by atoms with Gasteiger partial charge in [0.1, 0.15) is 17.6 Å². The van der Waals surface area contributed by atoms with Crippen LogP contribution in [0.5, 0.6) is 5.75 Å². The second-order valence-electron chi connectivity index (χ2n) is 7.74. The Kier molecular flexibility index (Phi) is 5.98. The number of benzene rings is 1. The van der Waals surface area contributed by atoms with E-state index in [1.807, 2.05) is 19.9 Å². The Morgan fingerprint density at radius 1 is 1.09 bits per heavy atom. The van der Waals surface area contributed by atoms with Crippen molar-refractivity contribution in [2.24, 2.45) is 0 Å². The number of ketones is 1. The predicted molar refractivity (Wildman–Crippen MR) is 119 cm³/mol. The van der Waals surface area contributed by atoms with Crippen LogP contribution in [0.15, 0.2) is 78.8 Å². The zero-order valence-corrected chi connectivity index (χ0v) is 17.8. The van der Waals surface area contributed by atoms with E-state index >= 15 is 0 Å².